The number of rotatable bonds is 6. The van der Waals surface area contributed by atoms with Crippen LogP contribution in [0.3, 0.4) is 0 Å². The summed E-state index contributed by atoms with van der Waals surface area (Å²) in [6, 6.07) is 11.9. The smallest absolute Gasteiger partial charge is 0.160 e. The van der Waals surface area contributed by atoms with Gasteiger partial charge in [0.1, 0.15) is 11.6 Å². The average molecular weight is 387 g/mol. The molecule has 6 nitrogen and oxygen atoms in total. The molecule has 0 saturated carbocycles. The number of allylic oxidation sites excluding steroid dienone is 1. The summed E-state index contributed by atoms with van der Waals surface area (Å²) in [5.41, 5.74) is 4.09. The van der Waals surface area contributed by atoms with Gasteiger partial charge in [-0.15, -0.1) is 0 Å². The van der Waals surface area contributed by atoms with E-state index in [1.54, 1.807) is 18.4 Å². The minimum absolute atomic E-state index is 0.455. The Kier molecular flexibility index (Phi) is 5.42. The lowest BCUT2D eigenvalue weighted by molar-refractivity contribution is 0.568. The molecular formula is C23H26N6. The molecule has 0 amide bonds. The molecule has 0 spiro atoms. The average Bonchev–Trinajstić information content (AvgIpc) is 3.17. The van der Waals surface area contributed by atoms with Gasteiger partial charge in [-0.2, -0.15) is 9.61 Å². The SMILES string of the molecule is C=Cc1cc2nc(N/C=C\C(=N)c3cccc(C)c3)cc(N3CCCCC3)n2n1. The molecule has 1 fully saturated rings. The summed E-state index contributed by atoms with van der Waals surface area (Å²) in [7, 11) is 0. The molecule has 2 aromatic heterocycles. The summed E-state index contributed by atoms with van der Waals surface area (Å²) in [5, 5.41) is 16.1. The van der Waals surface area contributed by atoms with E-state index in [-0.39, 0.29) is 0 Å². The zero-order valence-corrected chi connectivity index (χ0v) is 16.7. The predicted octanol–water partition coefficient (Wildman–Crippen LogP) is 4.66. The third-order valence-corrected chi connectivity index (χ3v) is 5.13. The first-order valence-electron chi connectivity index (χ1n) is 10.0. The van der Waals surface area contributed by atoms with E-state index >= 15 is 0 Å². The van der Waals surface area contributed by atoms with Crippen LogP contribution >= 0.6 is 0 Å². The van der Waals surface area contributed by atoms with Gasteiger partial charge in [-0.25, -0.2) is 4.98 Å². The molecule has 3 aromatic rings. The van der Waals surface area contributed by atoms with E-state index in [2.05, 4.69) is 26.9 Å². The standard InChI is InChI=1S/C23H26N6/c1-3-19-15-22-26-21(16-23(29(22)27-19)28-12-5-4-6-13-28)25-11-10-20(24)18-9-7-8-17(2)14-18/h3,7-11,14-16,24H,1,4-6,12-13H2,2H3,(H,25,26)/b11-10-,24-20?. The third kappa shape index (κ3) is 4.21. The second-order valence-corrected chi connectivity index (χ2v) is 7.35. The number of aryl methyl sites for hydroxylation is 1. The number of aromatic nitrogens is 3. The second-order valence-electron chi connectivity index (χ2n) is 7.35. The van der Waals surface area contributed by atoms with E-state index in [0.717, 1.165) is 47.2 Å². The van der Waals surface area contributed by atoms with Crippen molar-refractivity contribution in [2.75, 3.05) is 23.3 Å². The van der Waals surface area contributed by atoms with Gasteiger partial charge in [-0.3, -0.25) is 0 Å². The zero-order valence-electron chi connectivity index (χ0n) is 16.7. The van der Waals surface area contributed by atoms with E-state index in [4.69, 9.17) is 5.41 Å². The molecule has 29 heavy (non-hydrogen) atoms. The van der Waals surface area contributed by atoms with Crippen LogP contribution in [0.4, 0.5) is 11.6 Å². The van der Waals surface area contributed by atoms with E-state index in [1.807, 2.05) is 47.8 Å². The lowest BCUT2D eigenvalue weighted by Crippen LogP contribution is -2.31. The fraction of sp³-hybridized carbons (Fsp3) is 0.261. The fourth-order valence-electron chi connectivity index (χ4n) is 3.62. The molecule has 1 aliphatic heterocycles. The highest BCUT2D eigenvalue weighted by atomic mass is 15.4. The monoisotopic (exact) mass is 386 g/mol. The Bertz CT molecular complexity index is 1070. The van der Waals surface area contributed by atoms with Crippen molar-refractivity contribution < 1.29 is 0 Å². The molecular weight excluding hydrogens is 360 g/mol. The number of hydrogen-bond acceptors (Lipinski definition) is 5. The number of piperidine rings is 1. The summed E-state index contributed by atoms with van der Waals surface area (Å²) >= 11 is 0. The quantitative estimate of drug-likeness (QED) is 0.604. The van der Waals surface area contributed by atoms with Crippen LogP contribution in [0.2, 0.25) is 0 Å². The number of hydrogen-bond donors (Lipinski definition) is 2. The van der Waals surface area contributed by atoms with Gasteiger partial charge < -0.3 is 15.6 Å². The van der Waals surface area contributed by atoms with Crippen molar-refractivity contribution in [1.29, 1.82) is 5.41 Å². The topological polar surface area (TPSA) is 69.3 Å². The first-order valence-corrected chi connectivity index (χ1v) is 10.0. The molecule has 1 aliphatic rings. The lowest BCUT2D eigenvalue weighted by Gasteiger charge is -2.29. The first-order chi connectivity index (χ1) is 14.1. The van der Waals surface area contributed by atoms with E-state index in [0.29, 0.717) is 5.71 Å². The molecule has 0 atom stereocenters. The highest BCUT2D eigenvalue weighted by Crippen LogP contribution is 2.24. The summed E-state index contributed by atoms with van der Waals surface area (Å²) in [4.78, 5) is 7.04. The number of nitrogens with one attached hydrogen (secondary N) is 2. The molecule has 0 aliphatic carbocycles. The van der Waals surface area contributed by atoms with E-state index < -0.39 is 0 Å². The van der Waals surface area contributed by atoms with E-state index in [9.17, 15) is 0 Å². The number of benzene rings is 1. The highest BCUT2D eigenvalue weighted by Gasteiger charge is 2.17. The van der Waals surface area contributed by atoms with Gasteiger partial charge in [0.25, 0.3) is 0 Å². The molecule has 148 valence electrons. The van der Waals surface area contributed by atoms with Gasteiger partial charge in [-0.1, -0.05) is 30.3 Å². The second kappa shape index (κ2) is 8.31. The van der Waals surface area contributed by atoms with Crippen molar-refractivity contribution in [2.24, 2.45) is 0 Å². The third-order valence-electron chi connectivity index (χ3n) is 5.13. The van der Waals surface area contributed by atoms with Gasteiger partial charge in [0.05, 0.1) is 11.4 Å². The summed E-state index contributed by atoms with van der Waals surface area (Å²) in [5.74, 6) is 1.77. The van der Waals surface area contributed by atoms with Crippen molar-refractivity contribution >= 4 is 29.1 Å². The fourth-order valence-corrected chi connectivity index (χ4v) is 3.62. The van der Waals surface area contributed by atoms with Crippen molar-refractivity contribution in [3.63, 3.8) is 0 Å². The van der Waals surface area contributed by atoms with Gasteiger partial charge in [0.2, 0.25) is 0 Å². The Labute approximate surface area is 171 Å². The maximum atomic E-state index is 8.27. The van der Waals surface area contributed by atoms with Gasteiger partial charge in [-0.05, 0) is 50.0 Å². The summed E-state index contributed by atoms with van der Waals surface area (Å²) in [6.07, 6.45) is 8.92. The minimum Gasteiger partial charge on any atom is -0.356 e. The Morgan fingerprint density at radius 3 is 2.76 bits per heavy atom. The van der Waals surface area contributed by atoms with Crippen LogP contribution in [-0.2, 0) is 0 Å². The van der Waals surface area contributed by atoms with Crippen molar-refractivity contribution in [3.8, 4) is 0 Å². The molecule has 6 heteroatoms. The predicted molar refractivity (Wildman–Crippen MR) is 120 cm³/mol. The Morgan fingerprint density at radius 2 is 2.00 bits per heavy atom. The maximum Gasteiger partial charge on any atom is 0.160 e. The number of fused-ring (bicyclic) bond motifs is 1. The maximum absolute atomic E-state index is 8.27. The van der Waals surface area contributed by atoms with Gasteiger partial charge in [0, 0.05) is 31.4 Å². The van der Waals surface area contributed by atoms with Crippen molar-refractivity contribution in [3.05, 3.63) is 72.1 Å². The molecule has 4 rings (SSSR count). The largest absolute Gasteiger partial charge is 0.356 e. The Balaban J connectivity index is 1.59. The molecule has 0 radical (unpaired) electrons. The molecule has 2 N–H and O–H groups in total. The molecule has 1 saturated heterocycles. The Hall–Kier alpha value is -3.41. The van der Waals surface area contributed by atoms with Crippen molar-refractivity contribution in [1.82, 2.24) is 14.6 Å². The van der Waals surface area contributed by atoms with E-state index in [1.165, 1.54) is 19.3 Å². The number of anilines is 2. The summed E-state index contributed by atoms with van der Waals surface area (Å²) in [6.45, 7) is 7.90. The molecule has 0 unspecified atom stereocenters. The minimum atomic E-state index is 0.455. The van der Waals surface area contributed by atoms with Crippen LogP contribution in [0, 0.1) is 12.3 Å². The van der Waals surface area contributed by atoms with Gasteiger partial charge in [0.15, 0.2) is 5.65 Å². The molecule has 0 bridgehead atoms. The Morgan fingerprint density at radius 1 is 1.17 bits per heavy atom. The van der Waals surface area contributed by atoms with Gasteiger partial charge >= 0.3 is 0 Å². The van der Waals surface area contributed by atoms with Crippen LogP contribution < -0.4 is 10.2 Å². The zero-order chi connectivity index (χ0) is 20.2. The van der Waals surface area contributed by atoms with Crippen LogP contribution in [-0.4, -0.2) is 33.4 Å². The van der Waals surface area contributed by atoms with Crippen LogP contribution in [0.15, 0.2) is 55.3 Å². The highest BCUT2D eigenvalue weighted by molar-refractivity contribution is 6.06. The summed E-state index contributed by atoms with van der Waals surface area (Å²) < 4.78 is 1.89. The van der Waals surface area contributed by atoms with Crippen LogP contribution in [0.25, 0.3) is 11.7 Å². The number of nitrogens with zero attached hydrogens (tertiary/aromatic N) is 4. The molecule has 1 aromatic carbocycles. The normalized spacial score (nSPS) is 14.4. The lowest BCUT2D eigenvalue weighted by atomic mass is 10.1. The molecule has 3 heterocycles. The van der Waals surface area contributed by atoms with Crippen LogP contribution in [0.1, 0.15) is 36.1 Å². The first kappa shape index (κ1) is 18.9. The van der Waals surface area contributed by atoms with Crippen molar-refractivity contribution in [2.45, 2.75) is 26.2 Å². The van der Waals surface area contributed by atoms with Crippen LogP contribution in [0.5, 0.6) is 0 Å².